The van der Waals surface area contributed by atoms with Crippen LogP contribution in [0.4, 0.5) is 14.5 Å². The second-order valence-electron chi connectivity index (χ2n) is 9.04. The Morgan fingerprint density at radius 3 is 2.71 bits per heavy atom. The maximum absolute atomic E-state index is 13.8. The number of nitrogens with zero attached hydrogens (tertiary/aromatic N) is 2. The van der Waals surface area contributed by atoms with Crippen molar-refractivity contribution >= 4 is 22.7 Å². The number of anilines is 1. The summed E-state index contributed by atoms with van der Waals surface area (Å²) >= 11 is 0. The van der Waals surface area contributed by atoms with E-state index < -0.39 is 11.3 Å². The third-order valence-electron chi connectivity index (χ3n) is 6.73. The predicted octanol–water partition coefficient (Wildman–Crippen LogP) is 5.59. The fourth-order valence-corrected chi connectivity index (χ4v) is 5.27. The maximum atomic E-state index is 13.8. The number of aryl methyl sites for hydroxylation is 1. The van der Waals surface area contributed by atoms with Gasteiger partial charge in [0, 0.05) is 36.1 Å². The van der Waals surface area contributed by atoms with Crippen molar-refractivity contribution in [2.45, 2.75) is 57.0 Å². The van der Waals surface area contributed by atoms with Gasteiger partial charge in [-0.15, -0.1) is 0 Å². The van der Waals surface area contributed by atoms with Gasteiger partial charge in [0.05, 0.1) is 16.9 Å². The van der Waals surface area contributed by atoms with E-state index in [2.05, 4.69) is 11.9 Å². The van der Waals surface area contributed by atoms with Crippen LogP contribution in [-0.2, 0) is 12.0 Å². The molecule has 1 unspecified atom stereocenters. The number of alkyl halides is 2. The van der Waals surface area contributed by atoms with Gasteiger partial charge < -0.3 is 5.32 Å². The Labute approximate surface area is 179 Å². The van der Waals surface area contributed by atoms with Gasteiger partial charge in [0.1, 0.15) is 5.82 Å². The van der Waals surface area contributed by atoms with E-state index in [-0.39, 0.29) is 24.4 Å². The van der Waals surface area contributed by atoms with E-state index in [4.69, 9.17) is 4.98 Å². The van der Waals surface area contributed by atoms with E-state index in [0.29, 0.717) is 29.7 Å². The summed E-state index contributed by atoms with van der Waals surface area (Å²) in [7, 11) is 0. The van der Waals surface area contributed by atoms with Crippen molar-refractivity contribution in [2.75, 3.05) is 5.32 Å². The highest BCUT2D eigenvalue weighted by atomic mass is 19.3. The molecule has 6 heteroatoms. The number of hydrogen-bond acceptors (Lipinski definition) is 3. The van der Waals surface area contributed by atoms with E-state index in [1.807, 2.05) is 50.2 Å². The fourth-order valence-electron chi connectivity index (χ4n) is 5.27. The summed E-state index contributed by atoms with van der Waals surface area (Å²) in [5.74, 6) is -2.14. The van der Waals surface area contributed by atoms with Crippen LogP contribution < -0.4 is 10.9 Å². The van der Waals surface area contributed by atoms with Crippen LogP contribution >= 0.6 is 0 Å². The molecule has 160 valence electrons. The Morgan fingerprint density at radius 1 is 1.26 bits per heavy atom. The topological polar surface area (TPSA) is 46.9 Å². The highest BCUT2D eigenvalue weighted by Gasteiger charge is 2.61. The third kappa shape index (κ3) is 3.08. The molecular formula is C25H25F2N3O. The zero-order chi connectivity index (χ0) is 22.0. The van der Waals surface area contributed by atoms with Crippen LogP contribution in [0.25, 0.3) is 17.0 Å². The summed E-state index contributed by atoms with van der Waals surface area (Å²) in [5, 5.41) is 4.05. The minimum Gasteiger partial charge on any atom is -0.378 e. The standard InChI is InChI=1S/C25H25F2N3O/c1-4-17-7-5-6-8-20(17)28-16(3)18-11-15(2)12-19-21(18)29-23-24(13-25(26,27)14-24)9-10-30(23)22(19)31/h4-8,11-12,16,28H,1,9-10,13-14H2,2-3H3. The van der Waals surface area contributed by atoms with Crippen molar-refractivity contribution in [1.29, 1.82) is 0 Å². The normalized spacial score (nSPS) is 19.1. The lowest BCUT2D eigenvalue weighted by molar-refractivity contribution is -0.127. The molecule has 3 aromatic rings. The average Bonchev–Trinajstić information content (AvgIpc) is 3.06. The van der Waals surface area contributed by atoms with E-state index in [1.165, 1.54) is 0 Å². The van der Waals surface area contributed by atoms with E-state index >= 15 is 0 Å². The van der Waals surface area contributed by atoms with Crippen LogP contribution in [0.5, 0.6) is 0 Å². The predicted molar refractivity (Wildman–Crippen MR) is 120 cm³/mol. The smallest absolute Gasteiger partial charge is 0.261 e. The van der Waals surface area contributed by atoms with Gasteiger partial charge in [0.15, 0.2) is 0 Å². The molecule has 1 saturated carbocycles. The first kappa shape index (κ1) is 19.9. The van der Waals surface area contributed by atoms with Crippen molar-refractivity contribution < 1.29 is 8.78 Å². The van der Waals surface area contributed by atoms with Gasteiger partial charge in [-0.2, -0.15) is 0 Å². The average molecular weight is 421 g/mol. The quantitative estimate of drug-likeness (QED) is 0.597. The lowest BCUT2D eigenvalue weighted by atomic mass is 9.65. The monoisotopic (exact) mass is 421 g/mol. The SMILES string of the molecule is C=Cc1ccccc1NC(C)c1cc(C)cc2c(=O)n3c(nc12)C1(CC3)CC(F)(F)C1. The van der Waals surface area contributed by atoms with Gasteiger partial charge in [-0.1, -0.05) is 36.9 Å². The summed E-state index contributed by atoms with van der Waals surface area (Å²) in [5.41, 5.74) is 3.58. The maximum Gasteiger partial charge on any atom is 0.261 e. The van der Waals surface area contributed by atoms with Crippen LogP contribution in [0.3, 0.4) is 0 Å². The van der Waals surface area contributed by atoms with Crippen molar-refractivity contribution in [3.63, 3.8) is 0 Å². The minimum atomic E-state index is -2.67. The number of aromatic nitrogens is 2. The summed E-state index contributed by atoms with van der Waals surface area (Å²) in [6.07, 6.45) is 1.90. The lowest BCUT2D eigenvalue weighted by Gasteiger charge is -2.43. The first-order valence-electron chi connectivity index (χ1n) is 10.6. The Morgan fingerprint density at radius 2 is 2.00 bits per heavy atom. The van der Waals surface area contributed by atoms with E-state index in [1.54, 1.807) is 10.6 Å². The highest BCUT2D eigenvalue weighted by molar-refractivity contribution is 5.83. The summed E-state index contributed by atoms with van der Waals surface area (Å²) < 4.78 is 29.2. The molecule has 0 radical (unpaired) electrons. The molecule has 1 aliphatic carbocycles. The van der Waals surface area contributed by atoms with Gasteiger partial charge >= 0.3 is 0 Å². The highest BCUT2D eigenvalue weighted by Crippen LogP contribution is 2.57. The first-order valence-corrected chi connectivity index (χ1v) is 10.6. The minimum absolute atomic E-state index is 0.129. The molecule has 5 rings (SSSR count). The molecular weight excluding hydrogens is 396 g/mol. The van der Waals surface area contributed by atoms with Crippen molar-refractivity contribution in [3.05, 3.63) is 75.8 Å². The molecule has 31 heavy (non-hydrogen) atoms. The van der Waals surface area contributed by atoms with Crippen molar-refractivity contribution in [1.82, 2.24) is 9.55 Å². The molecule has 1 aliphatic heterocycles. The largest absolute Gasteiger partial charge is 0.378 e. The zero-order valence-corrected chi connectivity index (χ0v) is 17.7. The summed E-state index contributed by atoms with van der Waals surface area (Å²) in [4.78, 5) is 18.2. The van der Waals surface area contributed by atoms with Crippen LogP contribution in [-0.4, -0.2) is 15.5 Å². The molecule has 1 spiro atoms. The van der Waals surface area contributed by atoms with Crippen LogP contribution in [0.2, 0.25) is 0 Å². The molecule has 1 fully saturated rings. The number of benzene rings is 2. The molecule has 2 aromatic carbocycles. The Hall–Kier alpha value is -3.02. The van der Waals surface area contributed by atoms with Gasteiger partial charge in [-0.05, 0) is 43.5 Å². The molecule has 0 bridgehead atoms. The van der Waals surface area contributed by atoms with Crippen LogP contribution in [0, 0.1) is 6.92 Å². The Bertz CT molecular complexity index is 1270. The fraction of sp³-hybridized carbons (Fsp3) is 0.360. The van der Waals surface area contributed by atoms with Crippen molar-refractivity contribution in [3.8, 4) is 0 Å². The molecule has 0 saturated heterocycles. The second-order valence-corrected chi connectivity index (χ2v) is 9.04. The lowest BCUT2D eigenvalue weighted by Crippen LogP contribution is -2.49. The zero-order valence-electron chi connectivity index (χ0n) is 17.7. The van der Waals surface area contributed by atoms with Crippen LogP contribution in [0.15, 0.2) is 47.8 Å². The Balaban J connectivity index is 1.64. The Kier molecular flexibility index (Phi) is 4.33. The molecule has 1 atom stereocenters. The number of nitrogens with one attached hydrogen (secondary N) is 1. The molecule has 1 aromatic heterocycles. The number of para-hydroxylation sites is 1. The number of rotatable bonds is 4. The third-order valence-corrected chi connectivity index (χ3v) is 6.73. The second kappa shape index (κ2) is 6.74. The van der Waals surface area contributed by atoms with Crippen LogP contribution in [0.1, 0.15) is 54.7 Å². The molecule has 0 amide bonds. The van der Waals surface area contributed by atoms with Gasteiger partial charge in [0.25, 0.3) is 5.56 Å². The first-order chi connectivity index (χ1) is 14.7. The van der Waals surface area contributed by atoms with Crippen molar-refractivity contribution in [2.24, 2.45) is 0 Å². The number of hydrogen-bond donors (Lipinski definition) is 1. The van der Waals surface area contributed by atoms with E-state index in [0.717, 1.165) is 22.4 Å². The number of fused-ring (bicyclic) bond motifs is 3. The molecule has 1 N–H and O–H groups in total. The van der Waals surface area contributed by atoms with Gasteiger partial charge in [-0.3, -0.25) is 9.36 Å². The van der Waals surface area contributed by atoms with Gasteiger partial charge in [0.2, 0.25) is 5.92 Å². The molecule has 2 aliphatic rings. The van der Waals surface area contributed by atoms with E-state index in [9.17, 15) is 13.6 Å². The summed E-state index contributed by atoms with van der Waals surface area (Å²) in [6.45, 7) is 8.31. The summed E-state index contributed by atoms with van der Waals surface area (Å²) in [6, 6.07) is 11.6. The van der Waals surface area contributed by atoms with Gasteiger partial charge in [-0.25, -0.2) is 13.8 Å². The number of halogens is 2. The molecule has 4 nitrogen and oxygen atoms in total. The molecule has 2 heterocycles.